The minimum Gasteiger partial charge on any atom is -0.412 e. The highest BCUT2D eigenvalue weighted by Crippen LogP contribution is 2.20. The second-order valence-corrected chi connectivity index (χ2v) is 4.47. The van der Waals surface area contributed by atoms with Gasteiger partial charge in [-0.25, -0.2) is 0 Å². The molecule has 1 rings (SSSR count). The van der Waals surface area contributed by atoms with Gasteiger partial charge in [-0.15, -0.1) is 0 Å². The summed E-state index contributed by atoms with van der Waals surface area (Å²) in [7, 11) is 2.91. The van der Waals surface area contributed by atoms with Crippen LogP contribution < -0.4 is 0 Å². The van der Waals surface area contributed by atoms with E-state index in [1.54, 1.807) is 0 Å². The van der Waals surface area contributed by atoms with Gasteiger partial charge in [-0.3, -0.25) is 4.90 Å². The van der Waals surface area contributed by atoms with E-state index < -0.39 is 24.4 Å². The van der Waals surface area contributed by atoms with Crippen molar-refractivity contribution in [2.75, 3.05) is 19.7 Å². The molecule has 4 atom stereocenters. The molecule has 1 saturated heterocycles. The van der Waals surface area contributed by atoms with Crippen LogP contribution in [0, 0.1) is 0 Å². The average Bonchev–Trinajstić information content (AvgIpc) is 2.30. The van der Waals surface area contributed by atoms with Gasteiger partial charge in [0.1, 0.15) is 12.2 Å². The summed E-state index contributed by atoms with van der Waals surface area (Å²) in [6.45, 7) is 3.22. The van der Waals surface area contributed by atoms with Gasteiger partial charge in [-0.1, -0.05) is 13.3 Å². The van der Waals surface area contributed by atoms with Gasteiger partial charge in [0.2, 0.25) is 10.5 Å². The standard InChI is InChI=1S/C10H20NO4Si/c1-2-3-4-11-5-8(15-16)10(14)9(13)7(11)6-12/h7-10,12-14H,2-6H2,1H3/t7-,8+,9-,10-/m1/s1. The van der Waals surface area contributed by atoms with E-state index in [0.717, 1.165) is 19.4 Å². The zero-order valence-corrected chi connectivity index (χ0v) is 10.5. The van der Waals surface area contributed by atoms with E-state index in [1.807, 2.05) is 4.90 Å². The Morgan fingerprint density at radius 2 is 2.06 bits per heavy atom. The van der Waals surface area contributed by atoms with Gasteiger partial charge < -0.3 is 19.7 Å². The topological polar surface area (TPSA) is 73.2 Å². The number of piperidine rings is 1. The maximum Gasteiger partial charge on any atom is 0.246 e. The van der Waals surface area contributed by atoms with Crippen LogP contribution in [0.25, 0.3) is 0 Å². The first-order valence-corrected chi connectivity index (χ1v) is 6.09. The first kappa shape index (κ1) is 14.1. The molecular formula is C10H20NO4Si. The quantitative estimate of drug-likeness (QED) is 0.523. The van der Waals surface area contributed by atoms with Crippen molar-refractivity contribution < 1.29 is 19.7 Å². The summed E-state index contributed by atoms with van der Waals surface area (Å²) in [6, 6.07) is -0.403. The van der Waals surface area contributed by atoms with E-state index >= 15 is 0 Å². The highest BCUT2D eigenvalue weighted by molar-refractivity contribution is 5.98. The first-order valence-electron chi connectivity index (χ1n) is 5.69. The Morgan fingerprint density at radius 1 is 1.38 bits per heavy atom. The summed E-state index contributed by atoms with van der Waals surface area (Å²) in [5.41, 5.74) is 0. The zero-order chi connectivity index (χ0) is 12.1. The number of aliphatic hydroxyl groups is 3. The summed E-state index contributed by atoms with van der Waals surface area (Å²) in [6.07, 6.45) is -0.365. The van der Waals surface area contributed by atoms with Gasteiger partial charge in [0, 0.05) is 6.54 Å². The lowest BCUT2D eigenvalue weighted by molar-refractivity contribution is -0.136. The molecule has 1 fully saturated rings. The van der Waals surface area contributed by atoms with E-state index in [9.17, 15) is 15.3 Å². The summed E-state index contributed by atoms with van der Waals surface area (Å²) >= 11 is 0. The lowest BCUT2D eigenvalue weighted by Gasteiger charge is -2.44. The molecule has 0 bridgehead atoms. The van der Waals surface area contributed by atoms with Gasteiger partial charge in [-0.05, 0) is 13.0 Å². The molecule has 0 spiro atoms. The molecule has 6 heteroatoms. The molecule has 0 unspecified atom stereocenters. The van der Waals surface area contributed by atoms with Gasteiger partial charge in [0.05, 0.1) is 18.8 Å². The molecule has 0 amide bonds. The molecule has 0 aromatic carbocycles. The van der Waals surface area contributed by atoms with E-state index in [-0.39, 0.29) is 6.61 Å². The lowest BCUT2D eigenvalue weighted by Crippen LogP contribution is -2.63. The van der Waals surface area contributed by atoms with Crippen molar-refractivity contribution in [2.24, 2.45) is 0 Å². The number of hydrogen-bond acceptors (Lipinski definition) is 5. The predicted octanol–water partition coefficient (Wildman–Crippen LogP) is -1.35. The maximum atomic E-state index is 9.86. The van der Waals surface area contributed by atoms with Crippen molar-refractivity contribution in [1.82, 2.24) is 4.90 Å². The second kappa shape index (κ2) is 6.68. The Morgan fingerprint density at radius 3 is 2.56 bits per heavy atom. The SMILES string of the molecule is CCCCN1C[C@H](O[Si])[C@@H](O)[C@H](O)[C@H]1CO. The Balaban J connectivity index is 2.65. The van der Waals surface area contributed by atoms with Crippen molar-refractivity contribution in [3.05, 3.63) is 0 Å². The van der Waals surface area contributed by atoms with Crippen molar-refractivity contribution in [2.45, 2.75) is 44.1 Å². The van der Waals surface area contributed by atoms with Crippen LogP contribution in [-0.4, -0.2) is 74.8 Å². The van der Waals surface area contributed by atoms with Gasteiger partial charge in [0.25, 0.3) is 0 Å². The zero-order valence-electron chi connectivity index (χ0n) is 9.54. The van der Waals surface area contributed by atoms with Crippen LogP contribution in [0.1, 0.15) is 19.8 Å². The van der Waals surface area contributed by atoms with Gasteiger partial charge in [-0.2, -0.15) is 0 Å². The predicted molar refractivity (Wildman–Crippen MR) is 60.0 cm³/mol. The Bertz CT molecular complexity index is 207. The van der Waals surface area contributed by atoms with Crippen LogP contribution in [0.2, 0.25) is 0 Å². The molecule has 0 aliphatic carbocycles. The first-order chi connectivity index (χ1) is 7.65. The normalized spacial score (nSPS) is 36.6. The molecular weight excluding hydrogens is 226 g/mol. The number of rotatable bonds is 5. The van der Waals surface area contributed by atoms with Gasteiger partial charge >= 0.3 is 0 Å². The molecule has 1 aliphatic heterocycles. The summed E-state index contributed by atoms with van der Waals surface area (Å²) < 4.78 is 4.95. The number of likely N-dealkylation sites (tertiary alicyclic amines) is 1. The average molecular weight is 246 g/mol. The Labute approximate surface area is 99.6 Å². The van der Waals surface area contributed by atoms with E-state index in [2.05, 4.69) is 17.4 Å². The van der Waals surface area contributed by atoms with E-state index in [4.69, 9.17) is 4.43 Å². The van der Waals surface area contributed by atoms with Crippen LogP contribution in [-0.2, 0) is 4.43 Å². The number of nitrogens with zero attached hydrogens (tertiary/aromatic N) is 1. The van der Waals surface area contributed by atoms with Crippen molar-refractivity contribution in [3.63, 3.8) is 0 Å². The molecule has 3 radical (unpaired) electrons. The molecule has 3 N–H and O–H groups in total. The lowest BCUT2D eigenvalue weighted by atomic mass is 9.94. The van der Waals surface area contributed by atoms with Crippen LogP contribution >= 0.6 is 0 Å². The van der Waals surface area contributed by atoms with E-state index in [0.29, 0.717) is 6.54 Å². The molecule has 1 aliphatic rings. The second-order valence-electron chi connectivity index (χ2n) is 4.24. The Kier molecular flexibility index (Phi) is 5.88. The largest absolute Gasteiger partial charge is 0.412 e. The minimum atomic E-state index is -0.975. The van der Waals surface area contributed by atoms with Crippen LogP contribution in [0.4, 0.5) is 0 Å². The fourth-order valence-corrected chi connectivity index (χ4v) is 2.30. The maximum absolute atomic E-state index is 9.86. The summed E-state index contributed by atoms with van der Waals surface area (Å²) in [5.74, 6) is 0. The van der Waals surface area contributed by atoms with Crippen LogP contribution in [0.3, 0.4) is 0 Å². The minimum absolute atomic E-state index is 0.156. The van der Waals surface area contributed by atoms with Crippen molar-refractivity contribution >= 4 is 10.5 Å². The molecule has 93 valence electrons. The highest BCUT2D eigenvalue weighted by atomic mass is 28.2. The number of unbranched alkanes of at least 4 members (excludes halogenated alkanes) is 1. The summed E-state index contributed by atoms with van der Waals surface area (Å²) in [5, 5.41) is 28.8. The van der Waals surface area contributed by atoms with E-state index in [1.165, 1.54) is 0 Å². The molecule has 0 aromatic rings. The molecule has 5 nitrogen and oxygen atoms in total. The van der Waals surface area contributed by atoms with Crippen LogP contribution in [0.5, 0.6) is 0 Å². The number of hydrogen-bond donors (Lipinski definition) is 3. The highest BCUT2D eigenvalue weighted by Gasteiger charge is 2.41. The molecule has 0 saturated carbocycles. The monoisotopic (exact) mass is 246 g/mol. The third-order valence-electron chi connectivity index (χ3n) is 3.15. The molecule has 0 aromatic heterocycles. The Hall–Kier alpha value is 0.0169. The van der Waals surface area contributed by atoms with Crippen molar-refractivity contribution in [1.29, 1.82) is 0 Å². The third kappa shape index (κ3) is 3.03. The van der Waals surface area contributed by atoms with Crippen LogP contribution in [0.15, 0.2) is 0 Å². The molecule has 1 heterocycles. The fourth-order valence-electron chi connectivity index (χ4n) is 2.09. The molecule has 16 heavy (non-hydrogen) atoms. The fraction of sp³-hybridized carbons (Fsp3) is 1.00. The summed E-state index contributed by atoms with van der Waals surface area (Å²) in [4.78, 5) is 1.96. The van der Waals surface area contributed by atoms with Crippen molar-refractivity contribution in [3.8, 4) is 0 Å². The number of aliphatic hydroxyl groups excluding tert-OH is 3. The third-order valence-corrected chi connectivity index (χ3v) is 3.45. The van der Waals surface area contributed by atoms with Gasteiger partial charge in [0.15, 0.2) is 0 Å². The smallest absolute Gasteiger partial charge is 0.246 e.